The highest BCUT2D eigenvalue weighted by Gasteiger charge is 2.30. The molecule has 1 aromatic rings. The highest BCUT2D eigenvalue weighted by atomic mass is 16.6. The van der Waals surface area contributed by atoms with Gasteiger partial charge in [-0.15, -0.1) is 0 Å². The fourth-order valence-electron chi connectivity index (χ4n) is 5.22. The maximum absolute atomic E-state index is 13.5. The van der Waals surface area contributed by atoms with Crippen LogP contribution in [0.1, 0.15) is 44.8 Å². The Morgan fingerprint density at radius 1 is 0.787 bits per heavy atom. The Hall–Kier alpha value is -7.11. The third-order valence-electron chi connectivity index (χ3n) is 8.60. The molecule has 0 saturated heterocycles. The van der Waals surface area contributed by atoms with Crippen LogP contribution in [0.3, 0.4) is 0 Å². The fraction of sp³-hybridized carbons (Fsp3) is 0.486. The Kier molecular flexibility index (Phi) is 20.8. The summed E-state index contributed by atoms with van der Waals surface area (Å²) in [5.74, 6) is -7.45. The van der Waals surface area contributed by atoms with E-state index in [1.807, 2.05) is 0 Å². The summed E-state index contributed by atoms with van der Waals surface area (Å²) in [7, 11) is 3.14. The third-order valence-corrected chi connectivity index (χ3v) is 8.60. The van der Waals surface area contributed by atoms with Crippen LogP contribution in [0.2, 0.25) is 0 Å². The summed E-state index contributed by atoms with van der Waals surface area (Å²) in [6.07, 6.45) is -0.433. The SMILES string of the molecule is CNCCN(C)C(=O)OC(C(=O)O)c1ccc(NC(=O)[C@H](CCCNC(N)=O)NC(=O)[C@@H](NC(=O)CNC(=O)CNC(=O)CNC(=O)CCN2C(=O)C=CC2=O)C(C)C)cc1. The van der Waals surface area contributed by atoms with Gasteiger partial charge in [-0.3, -0.25) is 43.3 Å². The van der Waals surface area contributed by atoms with Crippen LogP contribution in [0.5, 0.6) is 0 Å². The zero-order chi connectivity index (χ0) is 45.6. The monoisotopic (exact) mass is 859 g/mol. The molecule has 0 fully saturated rings. The maximum Gasteiger partial charge on any atom is 0.410 e. The number of amides is 11. The number of aliphatic carboxylic acids is 1. The normalized spacial score (nSPS) is 13.3. The van der Waals surface area contributed by atoms with Crippen LogP contribution in [0, 0.1) is 5.92 Å². The van der Waals surface area contributed by atoms with Gasteiger partial charge >= 0.3 is 18.1 Å². The van der Waals surface area contributed by atoms with Gasteiger partial charge in [0.2, 0.25) is 41.5 Å². The number of rotatable bonds is 25. The second-order valence-electron chi connectivity index (χ2n) is 13.8. The smallest absolute Gasteiger partial charge is 0.410 e. The first-order chi connectivity index (χ1) is 28.8. The molecule has 0 saturated carbocycles. The van der Waals surface area contributed by atoms with E-state index in [0.717, 1.165) is 17.1 Å². The van der Waals surface area contributed by atoms with Gasteiger partial charge in [-0.2, -0.15) is 0 Å². The topological polar surface area (TPSA) is 346 Å². The molecule has 3 atom stereocenters. The van der Waals surface area contributed by atoms with E-state index in [-0.39, 0.29) is 50.1 Å². The number of ether oxygens (including phenoxy) is 1. The number of urea groups is 1. The molecule has 1 heterocycles. The summed E-state index contributed by atoms with van der Waals surface area (Å²) in [5.41, 5.74) is 5.42. The number of likely N-dealkylation sites (N-methyl/N-ethyl adjacent to an activating group) is 2. The van der Waals surface area contributed by atoms with Crippen LogP contribution in [-0.2, 0) is 47.9 Å². The summed E-state index contributed by atoms with van der Waals surface area (Å²) >= 11 is 0. The highest BCUT2D eigenvalue weighted by Crippen LogP contribution is 2.22. The average Bonchev–Trinajstić information content (AvgIpc) is 3.54. The number of hydrogen-bond donors (Lipinski definition) is 10. The molecule has 61 heavy (non-hydrogen) atoms. The van der Waals surface area contributed by atoms with Gasteiger partial charge in [0.15, 0.2) is 0 Å². The first kappa shape index (κ1) is 50.0. The van der Waals surface area contributed by atoms with E-state index in [1.165, 1.54) is 36.2 Å². The molecule has 0 bridgehead atoms. The molecule has 11 amide bonds. The molecule has 2 rings (SSSR count). The third kappa shape index (κ3) is 18.1. The molecule has 1 unspecified atom stereocenters. The Balaban J connectivity index is 1.95. The summed E-state index contributed by atoms with van der Waals surface area (Å²) in [4.78, 5) is 137. The quantitative estimate of drug-likeness (QED) is 0.0342. The van der Waals surface area contributed by atoms with Gasteiger partial charge in [-0.1, -0.05) is 26.0 Å². The number of carbonyl (C=O) groups excluding carboxylic acids is 10. The van der Waals surface area contributed by atoms with E-state index < -0.39 is 109 Å². The molecule has 1 aliphatic rings. The minimum Gasteiger partial charge on any atom is -0.478 e. The van der Waals surface area contributed by atoms with Crippen molar-refractivity contribution in [3.05, 3.63) is 42.0 Å². The second-order valence-corrected chi connectivity index (χ2v) is 13.8. The van der Waals surface area contributed by atoms with Crippen molar-refractivity contribution in [2.75, 3.05) is 65.2 Å². The van der Waals surface area contributed by atoms with Crippen molar-refractivity contribution >= 4 is 71.0 Å². The Labute approximate surface area is 350 Å². The summed E-state index contributed by atoms with van der Waals surface area (Å²) < 4.78 is 5.18. The van der Waals surface area contributed by atoms with Crippen molar-refractivity contribution in [1.82, 2.24) is 47.0 Å². The van der Waals surface area contributed by atoms with Crippen molar-refractivity contribution in [3.63, 3.8) is 0 Å². The molecular weight excluding hydrogens is 806 g/mol. The second kappa shape index (κ2) is 25.4. The predicted octanol–water partition coefficient (Wildman–Crippen LogP) is -3.22. The van der Waals surface area contributed by atoms with E-state index in [1.54, 1.807) is 20.9 Å². The molecule has 24 heteroatoms. The number of imide groups is 1. The zero-order valence-electron chi connectivity index (χ0n) is 34.2. The van der Waals surface area contributed by atoms with E-state index in [4.69, 9.17) is 10.5 Å². The molecule has 0 aromatic heterocycles. The first-order valence-corrected chi connectivity index (χ1v) is 19.0. The molecule has 1 aromatic carbocycles. The molecule has 24 nitrogen and oxygen atoms in total. The molecule has 0 aliphatic carbocycles. The number of nitrogens with two attached hydrogens (primary N) is 1. The van der Waals surface area contributed by atoms with Crippen molar-refractivity contribution in [2.45, 2.75) is 51.3 Å². The van der Waals surface area contributed by atoms with Crippen LogP contribution in [0.25, 0.3) is 0 Å². The largest absolute Gasteiger partial charge is 0.478 e. The minimum atomic E-state index is -1.65. The van der Waals surface area contributed by atoms with Crippen LogP contribution in [0.4, 0.5) is 15.3 Å². The number of nitrogens with zero attached hydrogens (tertiary/aromatic N) is 2. The van der Waals surface area contributed by atoms with E-state index in [2.05, 4.69) is 42.5 Å². The fourth-order valence-corrected chi connectivity index (χ4v) is 5.22. The molecule has 11 N–H and O–H groups in total. The van der Waals surface area contributed by atoms with Gasteiger partial charge in [-0.05, 0) is 37.9 Å². The Morgan fingerprint density at radius 3 is 1.90 bits per heavy atom. The van der Waals surface area contributed by atoms with Gasteiger partial charge in [0.25, 0.3) is 11.8 Å². The number of benzene rings is 1. The van der Waals surface area contributed by atoms with E-state index >= 15 is 0 Å². The summed E-state index contributed by atoms with van der Waals surface area (Å²) in [5, 5.41) is 29.5. The molecule has 334 valence electrons. The Morgan fingerprint density at radius 2 is 1.36 bits per heavy atom. The Bertz CT molecular complexity index is 1800. The van der Waals surface area contributed by atoms with Gasteiger partial charge in [-0.25, -0.2) is 14.4 Å². The van der Waals surface area contributed by atoms with Gasteiger partial charge in [0.05, 0.1) is 19.6 Å². The lowest BCUT2D eigenvalue weighted by molar-refractivity contribution is -0.147. The van der Waals surface area contributed by atoms with Crippen molar-refractivity contribution in [3.8, 4) is 0 Å². The van der Waals surface area contributed by atoms with Crippen molar-refractivity contribution < 1.29 is 62.6 Å². The summed E-state index contributed by atoms with van der Waals surface area (Å²) in [6, 6.07) is 2.20. The number of carboxylic acids is 1. The average molecular weight is 860 g/mol. The molecule has 0 spiro atoms. The standard InChI is InChI=1S/C37H53N11O13/c1-21(2)31(46-28(52)20-43-27(51)19-42-26(50)18-41-25(49)13-16-48-29(53)11-12-30(48)54)34(56)45-24(6-5-14-40-36(38)59)33(55)44-23-9-7-22(8-10-23)32(35(57)58)61-37(60)47(4)17-15-39-3/h7-12,21,24,31-32,39H,5-6,13-20H2,1-4H3,(H,41,49)(H,42,50)(H,43,51)(H,44,55)(H,45,56)(H,46,52)(H,57,58)(H3,38,40,59)/t24-,31-,32?/m0/s1. The zero-order valence-corrected chi connectivity index (χ0v) is 34.2. The van der Waals surface area contributed by atoms with Gasteiger partial charge in [0.1, 0.15) is 12.1 Å². The molecular formula is C37H53N11O13. The van der Waals surface area contributed by atoms with Gasteiger partial charge in [0, 0.05) is 63.1 Å². The maximum atomic E-state index is 13.5. The van der Waals surface area contributed by atoms with Crippen LogP contribution in [0.15, 0.2) is 36.4 Å². The summed E-state index contributed by atoms with van der Waals surface area (Å²) in [6.45, 7) is 2.16. The number of carbonyl (C=O) groups is 11. The predicted molar refractivity (Wildman–Crippen MR) is 214 cm³/mol. The molecule has 0 radical (unpaired) electrons. The molecule has 1 aliphatic heterocycles. The lowest BCUT2D eigenvalue weighted by Crippen LogP contribution is -2.56. The van der Waals surface area contributed by atoms with E-state index in [0.29, 0.717) is 6.54 Å². The van der Waals surface area contributed by atoms with Crippen molar-refractivity contribution in [1.29, 1.82) is 0 Å². The minimum absolute atomic E-state index is 0.00337. The lowest BCUT2D eigenvalue weighted by atomic mass is 10.0. The number of anilines is 1. The van der Waals surface area contributed by atoms with Crippen molar-refractivity contribution in [2.24, 2.45) is 11.7 Å². The van der Waals surface area contributed by atoms with Gasteiger partial charge < -0.3 is 63.0 Å². The van der Waals surface area contributed by atoms with Crippen LogP contribution >= 0.6 is 0 Å². The number of hydrogen-bond acceptors (Lipinski definition) is 13. The van der Waals surface area contributed by atoms with Crippen LogP contribution in [-0.4, -0.2) is 152 Å². The van der Waals surface area contributed by atoms with E-state index in [9.17, 15) is 57.8 Å². The lowest BCUT2D eigenvalue weighted by Gasteiger charge is -2.25. The highest BCUT2D eigenvalue weighted by molar-refractivity contribution is 6.13. The first-order valence-electron chi connectivity index (χ1n) is 19.0. The van der Waals surface area contributed by atoms with Crippen LogP contribution < -0.4 is 48.3 Å². The number of nitrogens with one attached hydrogen (secondary N) is 8. The number of carboxylic acid groups (broad SMARTS) is 1. The number of primary amides is 1.